The van der Waals surface area contributed by atoms with Crippen molar-refractivity contribution in [1.82, 2.24) is 9.80 Å². The van der Waals surface area contributed by atoms with Crippen LogP contribution >= 0.6 is 0 Å². The predicted octanol–water partition coefficient (Wildman–Crippen LogP) is 1.13. The lowest BCUT2D eigenvalue weighted by Crippen LogP contribution is -2.49. The first-order valence-electron chi connectivity index (χ1n) is 6.89. The van der Waals surface area contributed by atoms with Crippen LogP contribution in [-0.2, 0) is 14.3 Å². The van der Waals surface area contributed by atoms with Crippen molar-refractivity contribution in [2.45, 2.75) is 33.6 Å². The van der Waals surface area contributed by atoms with Gasteiger partial charge < -0.3 is 9.64 Å². The topological polar surface area (TPSA) is 49.9 Å². The van der Waals surface area contributed by atoms with Gasteiger partial charge in [-0.3, -0.25) is 14.5 Å². The Bertz CT molecular complexity index is 315. The van der Waals surface area contributed by atoms with E-state index in [1.807, 2.05) is 4.90 Å². The maximum Gasteiger partial charge on any atom is 0.306 e. The Morgan fingerprint density at radius 3 is 2.16 bits per heavy atom. The van der Waals surface area contributed by atoms with Crippen LogP contribution in [-0.4, -0.2) is 61.5 Å². The number of carbonyl (C=O) groups is 2. The summed E-state index contributed by atoms with van der Waals surface area (Å²) in [6.07, 6.45) is 1.02. The van der Waals surface area contributed by atoms with Crippen LogP contribution in [0, 0.1) is 5.41 Å². The summed E-state index contributed by atoms with van der Waals surface area (Å²) < 4.78 is 4.63. The van der Waals surface area contributed by atoms with E-state index in [1.165, 1.54) is 7.11 Å². The smallest absolute Gasteiger partial charge is 0.306 e. The van der Waals surface area contributed by atoms with E-state index in [0.717, 1.165) is 26.2 Å². The Kier molecular flexibility index (Phi) is 5.79. The van der Waals surface area contributed by atoms with Crippen LogP contribution in [0.5, 0.6) is 0 Å². The molecule has 0 aliphatic carbocycles. The van der Waals surface area contributed by atoms with Gasteiger partial charge in [0.15, 0.2) is 0 Å². The summed E-state index contributed by atoms with van der Waals surface area (Å²) in [4.78, 5) is 27.3. The molecule has 0 aromatic heterocycles. The largest absolute Gasteiger partial charge is 0.469 e. The van der Waals surface area contributed by atoms with E-state index >= 15 is 0 Å². The molecule has 1 heterocycles. The second-order valence-corrected chi connectivity index (χ2v) is 6.29. The molecule has 0 spiro atoms. The van der Waals surface area contributed by atoms with Crippen molar-refractivity contribution in [2.75, 3.05) is 39.8 Å². The van der Waals surface area contributed by atoms with Crippen molar-refractivity contribution in [3.05, 3.63) is 0 Å². The Balaban J connectivity index is 2.29. The highest BCUT2D eigenvalue weighted by atomic mass is 16.5. The monoisotopic (exact) mass is 270 g/mol. The minimum absolute atomic E-state index is 0.0408. The van der Waals surface area contributed by atoms with E-state index < -0.39 is 0 Å². The molecule has 1 aliphatic heterocycles. The summed E-state index contributed by atoms with van der Waals surface area (Å²) in [5, 5.41) is 0. The molecular weight excluding hydrogens is 244 g/mol. The first-order chi connectivity index (χ1) is 8.81. The predicted molar refractivity (Wildman–Crippen MR) is 73.7 cm³/mol. The minimum Gasteiger partial charge on any atom is -0.469 e. The molecular formula is C14H26N2O3. The Labute approximate surface area is 115 Å². The van der Waals surface area contributed by atoms with Crippen LogP contribution in [0.1, 0.15) is 33.6 Å². The molecule has 0 N–H and O–H groups in total. The molecule has 0 unspecified atom stereocenters. The van der Waals surface area contributed by atoms with Gasteiger partial charge in [-0.1, -0.05) is 20.8 Å². The summed E-state index contributed by atoms with van der Waals surface area (Å²) in [6.45, 7) is 10.2. The van der Waals surface area contributed by atoms with E-state index in [-0.39, 0.29) is 17.3 Å². The van der Waals surface area contributed by atoms with Gasteiger partial charge in [-0.15, -0.1) is 0 Å². The number of piperazine rings is 1. The number of esters is 1. The maximum atomic E-state index is 12.1. The van der Waals surface area contributed by atoms with Crippen molar-refractivity contribution in [3.8, 4) is 0 Å². The Hall–Kier alpha value is -1.10. The van der Waals surface area contributed by atoms with Gasteiger partial charge in [0.1, 0.15) is 0 Å². The molecule has 5 nitrogen and oxygen atoms in total. The number of carbonyl (C=O) groups excluding carboxylic acids is 2. The average Bonchev–Trinajstić information content (AvgIpc) is 2.34. The number of methoxy groups -OCH3 is 1. The molecule has 0 atom stereocenters. The van der Waals surface area contributed by atoms with Gasteiger partial charge in [-0.05, 0) is 5.41 Å². The lowest BCUT2D eigenvalue weighted by molar-refractivity contribution is -0.141. The lowest BCUT2D eigenvalue weighted by Gasteiger charge is -2.35. The number of nitrogens with zero attached hydrogens (tertiary/aromatic N) is 2. The van der Waals surface area contributed by atoms with Crippen molar-refractivity contribution >= 4 is 11.9 Å². The number of ether oxygens (including phenoxy) is 1. The third-order valence-electron chi connectivity index (χ3n) is 3.27. The van der Waals surface area contributed by atoms with E-state index in [0.29, 0.717) is 19.4 Å². The molecule has 0 aromatic carbocycles. The summed E-state index contributed by atoms with van der Waals surface area (Å²) in [7, 11) is 1.41. The molecule has 1 fully saturated rings. The zero-order valence-corrected chi connectivity index (χ0v) is 12.6. The summed E-state index contributed by atoms with van der Waals surface area (Å²) in [5.74, 6) is 0.0614. The van der Waals surface area contributed by atoms with E-state index in [2.05, 4.69) is 30.4 Å². The zero-order chi connectivity index (χ0) is 14.5. The van der Waals surface area contributed by atoms with Crippen LogP contribution < -0.4 is 0 Å². The normalized spacial score (nSPS) is 17.4. The standard InChI is InChI=1S/C14H26N2O3/c1-14(2,3)11-12(17)16-9-7-15(8-10-16)6-5-13(18)19-4/h5-11H2,1-4H3. The minimum atomic E-state index is -0.175. The molecule has 0 aromatic rings. The van der Waals surface area contributed by atoms with Gasteiger partial charge in [0, 0.05) is 39.1 Å². The van der Waals surface area contributed by atoms with Crippen LogP contribution in [0.3, 0.4) is 0 Å². The van der Waals surface area contributed by atoms with Gasteiger partial charge >= 0.3 is 5.97 Å². The number of amides is 1. The van der Waals surface area contributed by atoms with Crippen molar-refractivity contribution in [3.63, 3.8) is 0 Å². The Morgan fingerprint density at radius 1 is 1.11 bits per heavy atom. The molecule has 0 bridgehead atoms. The van der Waals surface area contributed by atoms with Crippen LogP contribution in [0.25, 0.3) is 0 Å². The summed E-state index contributed by atoms with van der Waals surface area (Å²) in [5.41, 5.74) is 0.0408. The molecule has 5 heteroatoms. The molecule has 19 heavy (non-hydrogen) atoms. The van der Waals surface area contributed by atoms with Gasteiger partial charge in [0.05, 0.1) is 13.5 Å². The Morgan fingerprint density at radius 2 is 1.68 bits per heavy atom. The number of hydrogen-bond acceptors (Lipinski definition) is 4. The molecule has 0 radical (unpaired) electrons. The van der Waals surface area contributed by atoms with Crippen molar-refractivity contribution in [2.24, 2.45) is 5.41 Å². The highest BCUT2D eigenvalue weighted by molar-refractivity contribution is 5.77. The summed E-state index contributed by atoms with van der Waals surface area (Å²) >= 11 is 0. The van der Waals surface area contributed by atoms with Crippen LogP contribution in [0.4, 0.5) is 0 Å². The van der Waals surface area contributed by atoms with Gasteiger partial charge in [0.25, 0.3) is 0 Å². The first kappa shape index (κ1) is 16.0. The molecule has 1 rings (SSSR count). The van der Waals surface area contributed by atoms with Gasteiger partial charge in [-0.25, -0.2) is 0 Å². The third-order valence-corrected chi connectivity index (χ3v) is 3.27. The zero-order valence-electron chi connectivity index (χ0n) is 12.6. The molecule has 1 aliphatic rings. The fourth-order valence-corrected chi connectivity index (χ4v) is 2.14. The SMILES string of the molecule is COC(=O)CCN1CCN(C(=O)CC(C)(C)C)CC1. The first-order valence-corrected chi connectivity index (χ1v) is 6.89. The van der Waals surface area contributed by atoms with Crippen LogP contribution in [0.2, 0.25) is 0 Å². The summed E-state index contributed by atoms with van der Waals surface area (Å²) in [6, 6.07) is 0. The lowest BCUT2D eigenvalue weighted by atomic mass is 9.91. The number of rotatable bonds is 4. The molecule has 110 valence electrons. The van der Waals surface area contributed by atoms with E-state index in [9.17, 15) is 9.59 Å². The fraction of sp³-hybridized carbons (Fsp3) is 0.857. The van der Waals surface area contributed by atoms with Gasteiger partial charge in [-0.2, -0.15) is 0 Å². The van der Waals surface area contributed by atoms with Crippen molar-refractivity contribution in [1.29, 1.82) is 0 Å². The molecule has 0 saturated carbocycles. The quantitative estimate of drug-likeness (QED) is 0.719. The van der Waals surface area contributed by atoms with Crippen molar-refractivity contribution < 1.29 is 14.3 Å². The third kappa shape index (κ3) is 6.05. The molecule has 1 saturated heterocycles. The highest BCUT2D eigenvalue weighted by Crippen LogP contribution is 2.20. The molecule has 1 amide bonds. The second-order valence-electron chi connectivity index (χ2n) is 6.29. The highest BCUT2D eigenvalue weighted by Gasteiger charge is 2.24. The second kappa shape index (κ2) is 6.89. The van der Waals surface area contributed by atoms with Gasteiger partial charge in [0.2, 0.25) is 5.91 Å². The van der Waals surface area contributed by atoms with E-state index in [1.54, 1.807) is 0 Å². The fourth-order valence-electron chi connectivity index (χ4n) is 2.14. The van der Waals surface area contributed by atoms with Crippen LogP contribution in [0.15, 0.2) is 0 Å². The number of hydrogen-bond donors (Lipinski definition) is 0. The maximum absolute atomic E-state index is 12.1. The van der Waals surface area contributed by atoms with E-state index in [4.69, 9.17) is 0 Å². The average molecular weight is 270 g/mol.